The van der Waals surface area contributed by atoms with Crippen molar-refractivity contribution in [3.63, 3.8) is 0 Å². The molecular weight excluding hydrogens is 254 g/mol. The molecule has 1 aromatic carbocycles. The van der Waals surface area contributed by atoms with E-state index >= 15 is 0 Å². The third-order valence-electron chi connectivity index (χ3n) is 2.74. The second-order valence-corrected chi connectivity index (χ2v) is 5.33. The minimum absolute atomic E-state index is 0.816. The van der Waals surface area contributed by atoms with Crippen LogP contribution in [0.2, 0.25) is 0 Å². The van der Waals surface area contributed by atoms with E-state index in [2.05, 4.69) is 34.3 Å². The van der Waals surface area contributed by atoms with Gasteiger partial charge in [-0.3, -0.25) is 0 Å². The predicted octanol–water partition coefficient (Wildman–Crippen LogP) is 4.26. The van der Waals surface area contributed by atoms with Crippen LogP contribution in [0.15, 0.2) is 54.7 Å². The van der Waals surface area contributed by atoms with Gasteiger partial charge in [0.1, 0.15) is 5.82 Å². The minimum Gasteiger partial charge on any atom is -0.316 e. The molecule has 4 heteroatoms. The summed E-state index contributed by atoms with van der Waals surface area (Å²) in [6.45, 7) is 2.09. The first-order valence-corrected chi connectivity index (χ1v) is 6.85. The number of hydrogen-bond acceptors (Lipinski definition) is 4. The molecule has 3 rings (SSSR count). The van der Waals surface area contributed by atoms with Gasteiger partial charge in [-0.1, -0.05) is 36.4 Å². The number of hydrogen-bond donors (Lipinski definition) is 1. The number of benzene rings is 1. The summed E-state index contributed by atoms with van der Waals surface area (Å²) in [6.07, 6.45) is 1.76. The lowest BCUT2D eigenvalue weighted by molar-refractivity contribution is 1.28. The van der Waals surface area contributed by atoms with Crippen LogP contribution in [0.5, 0.6) is 0 Å². The molecule has 0 unspecified atom stereocenters. The number of anilines is 2. The molecule has 2 aromatic heterocycles. The average molecular weight is 267 g/mol. The molecule has 3 nitrogen and oxygen atoms in total. The molecule has 0 amide bonds. The molecule has 0 radical (unpaired) electrons. The highest BCUT2D eigenvalue weighted by molar-refractivity contribution is 7.16. The summed E-state index contributed by atoms with van der Waals surface area (Å²) in [5.74, 6) is 0.816. The van der Waals surface area contributed by atoms with Crippen LogP contribution in [0.1, 0.15) is 4.88 Å². The monoisotopic (exact) mass is 267 g/mol. The van der Waals surface area contributed by atoms with Gasteiger partial charge in [-0.2, -0.15) is 0 Å². The zero-order chi connectivity index (χ0) is 13.1. The summed E-state index contributed by atoms with van der Waals surface area (Å²) < 4.78 is 0. The Morgan fingerprint density at radius 3 is 2.53 bits per heavy atom. The Morgan fingerprint density at radius 1 is 1.00 bits per heavy atom. The van der Waals surface area contributed by atoms with Crippen molar-refractivity contribution >= 4 is 22.3 Å². The van der Waals surface area contributed by atoms with E-state index in [9.17, 15) is 0 Å². The summed E-state index contributed by atoms with van der Waals surface area (Å²) in [6, 6.07) is 16.0. The molecule has 19 heavy (non-hydrogen) atoms. The molecule has 0 saturated carbocycles. The molecule has 0 spiro atoms. The number of nitrogens with zero attached hydrogens (tertiary/aromatic N) is 2. The SMILES string of the molecule is Cc1sc(Nc2ccccn2)nc1-c1ccccc1. The van der Waals surface area contributed by atoms with E-state index in [0.29, 0.717) is 0 Å². The Balaban J connectivity index is 1.90. The van der Waals surface area contributed by atoms with Crippen molar-refractivity contribution < 1.29 is 0 Å². The Bertz CT molecular complexity index is 662. The number of aryl methyl sites for hydroxylation is 1. The van der Waals surface area contributed by atoms with Crippen molar-refractivity contribution in [1.29, 1.82) is 0 Å². The van der Waals surface area contributed by atoms with Crippen LogP contribution in [0.25, 0.3) is 11.3 Å². The Hall–Kier alpha value is -2.20. The molecule has 0 aliphatic carbocycles. The lowest BCUT2D eigenvalue weighted by Crippen LogP contribution is -1.91. The third kappa shape index (κ3) is 2.63. The van der Waals surface area contributed by atoms with Gasteiger partial charge in [0.2, 0.25) is 0 Å². The van der Waals surface area contributed by atoms with Crippen LogP contribution in [-0.4, -0.2) is 9.97 Å². The summed E-state index contributed by atoms with van der Waals surface area (Å²) in [4.78, 5) is 10.1. The number of thiazole rings is 1. The molecule has 3 aromatic rings. The van der Waals surface area contributed by atoms with E-state index in [1.165, 1.54) is 4.88 Å². The van der Waals surface area contributed by atoms with Gasteiger partial charge in [0.15, 0.2) is 5.13 Å². The minimum atomic E-state index is 0.816. The highest BCUT2D eigenvalue weighted by Crippen LogP contribution is 2.31. The normalized spacial score (nSPS) is 10.4. The summed E-state index contributed by atoms with van der Waals surface area (Å²) in [5.41, 5.74) is 2.18. The first kappa shape index (κ1) is 11.9. The van der Waals surface area contributed by atoms with Crippen molar-refractivity contribution in [2.45, 2.75) is 6.92 Å². The van der Waals surface area contributed by atoms with Crippen LogP contribution in [-0.2, 0) is 0 Å². The van der Waals surface area contributed by atoms with Crippen LogP contribution < -0.4 is 5.32 Å². The number of aromatic nitrogens is 2. The summed E-state index contributed by atoms with van der Waals surface area (Å²) >= 11 is 1.64. The van der Waals surface area contributed by atoms with E-state index in [0.717, 1.165) is 22.2 Å². The number of nitrogens with one attached hydrogen (secondary N) is 1. The predicted molar refractivity (Wildman–Crippen MR) is 79.8 cm³/mol. The number of pyridine rings is 1. The fourth-order valence-electron chi connectivity index (χ4n) is 1.86. The zero-order valence-electron chi connectivity index (χ0n) is 10.5. The molecule has 2 heterocycles. The molecule has 1 N–H and O–H groups in total. The smallest absolute Gasteiger partial charge is 0.189 e. The van der Waals surface area contributed by atoms with Gasteiger partial charge in [-0.15, -0.1) is 11.3 Å². The quantitative estimate of drug-likeness (QED) is 0.770. The van der Waals surface area contributed by atoms with Gasteiger partial charge in [0.05, 0.1) is 5.69 Å². The van der Waals surface area contributed by atoms with Crippen molar-refractivity contribution in [2.75, 3.05) is 5.32 Å². The molecule has 0 saturated heterocycles. The zero-order valence-corrected chi connectivity index (χ0v) is 11.3. The van der Waals surface area contributed by atoms with Crippen molar-refractivity contribution in [1.82, 2.24) is 9.97 Å². The molecule has 0 aliphatic heterocycles. The lowest BCUT2D eigenvalue weighted by Gasteiger charge is -1.99. The van der Waals surface area contributed by atoms with Gasteiger partial charge < -0.3 is 5.32 Å². The molecule has 0 aliphatic rings. The van der Waals surface area contributed by atoms with Crippen molar-refractivity contribution in [3.05, 3.63) is 59.6 Å². The number of rotatable bonds is 3. The Morgan fingerprint density at radius 2 is 1.79 bits per heavy atom. The molecule has 0 atom stereocenters. The maximum absolute atomic E-state index is 4.64. The summed E-state index contributed by atoms with van der Waals surface area (Å²) in [5, 5.41) is 4.10. The van der Waals surface area contributed by atoms with Crippen molar-refractivity contribution in [2.24, 2.45) is 0 Å². The van der Waals surface area contributed by atoms with Crippen molar-refractivity contribution in [3.8, 4) is 11.3 Å². The Labute approximate surface area is 116 Å². The fraction of sp³-hybridized carbons (Fsp3) is 0.0667. The van der Waals surface area contributed by atoms with Gasteiger partial charge >= 0.3 is 0 Å². The van der Waals surface area contributed by atoms with E-state index < -0.39 is 0 Å². The first-order chi connectivity index (χ1) is 9.33. The van der Waals surface area contributed by atoms with E-state index in [-0.39, 0.29) is 0 Å². The second-order valence-electron chi connectivity index (χ2n) is 4.13. The molecular formula is C15H13N3S. The van der Waals surface area contributed by atoms with Gasteiger partial charge in [0.25, 0.3) is 0 Å². The maximum atomic E-state index is 4.64. The fourth-order valence-corrected chi connectivity index (χ4v) is 2.70. The van der Waals surface area contributed by atoms with Gasteiger partial charge in [0, 0.05) is 16.6 Å². The Kier molecular flexibility index (Phi) is 3.25. The summed E-state index contributed by atoms with van der Waals surface area (Å²) in [7, 11) is 0. The van der Waals surface area contributed by atoms with E-state index in [1.807, 2.05) is 36.4 Å². The largest absolute Gasteiger partial charge is 0.316 e. The second kappa shape index (κ2) is 5.20. The maximum Gasteiger partial charge on any atom is 0.189 e. The molecule has 0 bridgehead atoms. The highest BCUT2D eigenvalue weighted by Gasteiger charge is 2.09. The van der Waals surface area contributed by atoms with Gasteiger partial charge in [-0.25, -0.2) is 9.97 Å². The van der Waals surface area contributed by atoms with E-state index in [4.69, 9.17) is 0 Å². The highest BCUT2D eigenvalue weighted by atomic mass is 32.1. The molecule has 0 fully saturated rings. The topological polar surface area (TPSA) is 37.8 Å². The van der Waals surface area contributed by atoms with Crippen LogP contribution in [0.3, 0.4) is 0 Å². The lowest BCUT2D eigenvalue weighted by atomic mass is 10.1. The van der Waals surface area contributed by atoms with Crippen LogP contribution in [0, 0.1) is 6.92 Å². The first-order valence-electron chi connectivity index (χ1n) is 6.04. The average Bonchev–Trinajstić information content (AvgIpc) is 2.82. The van der Waals surface area contributed by atoms with Gasteiger partial charge in [-0.05, 0) is 19.1 Å². The standard InChI is InChI=1S/C15H13N3S/c1-11-14(12-7-3-2-4-8-12)18-15(19-11)17-13-9-5-6-10-16-13/h2-10H,1H3,(H,16,17,18). The van der Waals surface area contributed by atoms with Crippen LogP contribution in [0.4, 0.5) is 10.9 Å². The van der Waals surface area contributed by atoms with Crippen LogP contribution >= 0.6 is 11.3 Å². The molecule has 94 valence electrons. The third-order valence-corrected chi connectivity index (χ3v) is 3.63. The van der Waals surface area contributed by atoms with E-state index in [1.54, 1.807) is 17.5 Å².